The van der Waals surface area contributed by atoms with Gasteiger partial charge in [-0.3, -0.25) is 0 Å². The van der Waals surface area contributed by atoms with Crippen molar-refractivity contribution in [1.29, 1.82) is 0 Å². The van der Waals surface area contributed by atoms with Crippen molar-refractivity contribution >= 4 is 23.4 Å². The first-order chi connectivity index (χ1) is 12.2. The molecule has 0 aliphatic heterocycles. The average Bonchev–Trinajstić information content (AvgIpc) is 2.67. The lowest BCUT2D eigenvalue weighted by molar-refractivity contribution is 0.108. The van der Waals surface area contributed by atoms with E-state index in [2.05, 4.69) is 30.1 Å². The fourth-order valence-corrected chi connectivity index (χ4v) is 6.79. The lowest BCUT2D eigenvalue weighted by Gasteiger charge is -2.22. The van der Waals surface area contributed by atoms with Gasteiger partial charge in [0.15, 0.2) is 7.26 Å². The Morgan fingerprint density at radius 2 is 1.24 bits per heavy atom. The Morgan fingerprint density at radius 3 is 1.72 bits per heavy atom. The van der Waals surface area contributed by atoms with Crippen molar-refractivity contribution in [2.75, 3.05) is 0 Å². The summed E-state index contributed by atoms with van der Waals surface area (Å²) in [6.07, 6.45) is 2.02. The highest BCUT2D eigenvalue weighted by molar-refractivity contribution is 8.05. The normalized spacial score (nSPS) is 11.6. The van der Waals surface area contributed by atoms with Gasteiger partial charge in [-0.2, -0.15) is 0 Å². The van der Waals surface area contributed by atoms with Crippen molar-refractivity contribution in [3.8, 4) is 0 Å². The van der Waals surface area contributed by atoms with Crippen LogP contribution in [0, 0.1) is 6.92 Å². The first-order valence-corrected chi connectivity index (χ1v) is 10.3. The molecule has 0 aliphatic carbocycles. The second-order valence-corrected chi connectivity index (χ2v) is 9.18. The zero-order valence-electron chi connectivity index (χ0n) is 14.6. The zero-order chi connectivity index (χ0) is 17.7. The number of allylic oxidation sites excluding steroid dienone is 1. The molecule has 3 rings (SSSR count). The second kappa shape index (κ2) is 7.59. The monoisotopic (exact) mass is 345 g/mol. The van der Waals surface area contributed by atoms with Crippen LogP contribution in [-0.4, -0.2) is 5.52 Å². The molecule has 0 bridgehead atoms. The summed E-state index contributed by atoms with van der Waals surface area (Å²) in [4.78, 5) is 13.9. The van der Waals surface area contributed by atoms with E-state index in [9.17, 15) is 4.79 Å². The van der Waals surface area contributed by atoms with Gasteiger partial charge in [0.25, 0.3) is 0 Å². The van der Waals surface area contributed by atoms with E-state index in [1.807, 2.05) is 80.6 Å². The molecule has 0 atom stereocenters. The van der Waals surface area contributed by atoms with Crippen molar-refractivity contribution < 1.29 is 4.79 Å². The van der Waals surface area contributed by atoms with E-state index < -0.39 is 7.26 Å². The molecule has 0 saturated heterocycles. The standard InChI is InChI=1S/C23H22OP/c1-3-18-25(20-13-6-4-7-14-20,21-15-8-5-9-16-21)23(24)22-17-11-10-12-19(22)2/h3-18H,1-2H3/q+1. The lowest BCUT2D eigenvalue weighted by Crippen LogP contribution is -2.27. The van der Waals surface area contributed by atoms with Crippen molar-refractivity contribution in [2.45, 2.75) is 13.8 Å². The van der Waals surface area contributed by atoms with Crippen LogP contribution in [0.2, 0.25) is 0 Å². The maximum Gasteiger partial charge on any atom is 0.313 e. The van der Waals surface area contributed by atoms with Crippen LogP contribution >= 0.6 is 7.26 Å². The number of benzene rings is 3. The number of carbonyl (C=O) groups excluding carboxylic acids is 1. The molecular weight excluding hydrogens is 323 g/mol. The zero-order valence-corrected chi connectivity index (χ0v) is 15.5. The highest BCUT2D eigenvalue weighted by Crippen LogP contribution is 2.60. The van der Waals surface area contributed by atoms with E-state index in [1.165, 1.54) is 0 Å². The minimum absolute atomic E-state index is 0.209. The Kier molecular flexibility index (Phi) is 5.26. The summed E-state index contributed by atoms with van der Waals surface area (Å²) in [5.41, 5.74) is 2.04. The molecular formula is C23H22OP+. The Bertz CT molecular complexity index is 843. The summed E-state index contributed by atoms with van der Waals surface area (Å²) in [5.74, 6) is 2.13. The highest BCUT2D eigenvalue weighted by atomic mass is 31.2. The molecule has 25 heavy (non-hydrogen) atoms. The average molecular weight is 345 g/mol. The molecule has 0 spiro atoms. The van der Waals surface area contributed by atoms with Gasteiger partial charge in [-0.1, -0.05) is 60.7 Å². The molecule has 0 saturated carbocycles. The van der Waals surface area contributed by atoms with Crippen LogP contribution < -0.4 is 10.6 Å². The third-order valence-corrected chi connectivity index (χ3v) is 8.25. The predicted molar refractivity (Wildman–Crippen MR) is 109 cm³/mol. The van der Waals surface area contributed by atoms with E-state index in [1.54, 1.807) is 0 Å². The van der Waals surface area contributed by atoms with E-state index >= 15 is 0 Å². The number of hydrogen-bond acceptors (Lipinski definition) is 1. The summed E-state index contributed by atoms with van der Waals surface area (Å²) < 4.78 is 0. The molecule has 124 valence electrons. The van der Waals surface area contributed by atoms with Crippen molar-refractivity contribution in [3.05, 3.63) is 108 Å². The van der Waals surface area contributed by atoms with Crippen molar-refractivity contribution in [1.82, 2.24) is 0 Å². The van der Waals surface area contributed by atoms with Crippen molar-refractivity contribution in [2.24, 2.45) is 0 Å². The van der Waals surface area contributed by atoms with Crippen LogP contribution in [0.5, 0.6) is 0 Å². The van der Waals surface area contributed by atoms with Gasteiger partial charge in [-0.15, -0.1) is 0 Å². The first-order valence-electron chi connectivity index (χ1n) is 8.44. The molecule has 0 heterocycles. The molecule has 1 nitrogen and oxygen atoms in total. The largest absolute Gasteiger partial charge is 0.313 e. The molecule has 0 amide bonds. The fourth-order valence-electron chi connectivity index (χ4n) is 3.18. The summed E-state index contributed by atoms with van der Waals surface area (Å²) in [6.45, 7) is 4.00. The fraction of sp³-hybridized carbons (Fsp3) is 0.0870. The number of rotatable bonds is 5. The number of aryl methyl sites for hydroxylation is 1. The smallest absolute Gasteiger partial charge is 0.246 e. The van der Waals surface area contributed by atoms with E-state index in [0.717, 1.165) is 21.7 Å². The molecule has 0 unspecified atom stereocenters. The van der Waals surface area contributed by atoms with Gasteiger partial charge in [0, 0.05) is 0 Å². The van der Waals surface area contributed by atoms with Crippen LogP contribution in [0.15, 0.2) is 96.8 Å². The van der Waals surface area contributed by atoms with E-state index in [4.69, 9.17) is 0 Å². The summed E-state index contributed by atoms with van der Waals surface area (Å²) >= 11 is 0. The molecule has 0 N–H and O–H groups in total. The lowest BCUT2D eigenvalue weighted by atomic mass is 10.1. The van der Waals surface area contributed by atoms with Gasteiger partial charge in [-0.25, -0.2) is 4.79 Å². The van der Waals surface area contributed by atoms with Crippen LogP contribution in [0.25, 0.3) is 0 Å². The van der Waals surface area contributed by atoms with Gasteiger partial charge in [0.1, 0.15) is 10.6 Å². The predicted octanol–water partition coefficient (Wildman–Crippen LogP) is 5.34. The topological polar surface area (TPSA) is 17.1 Å². The molecule has 3 aromatic rings. The minimum atomic E-state index is -2.36. The van der Waals surface area contributed by atoms with Gasteiger partial charge in [-0.05, 0) is 49.7 Å². The quantitative estimate of drug-likeness (QED) is 0.571. The van der Waals surface area contributed by atoms with Gasteiger partial charge < -0.3 is 0 Å². The summed E-state index contributed by atoms with van der Waals surface area (Å²) in [6, 6.07) is 28.3. The Morgan fingerprint density at radius 1 is 0.760 bits per heavy atom. The third-order valence-electron chi connectivity index (χ3n) is 4.40. The Balaban J connectivity index is 2.32. The summed E-state index contributed by atoms with van der Waals surface area (Å²) in [7, 11) is -2.36. The highest BCUT2D eigenvalue weighted by Gasteiger charge is 2.49. The molecule has 0 aliphatic rings. The third kappa shape index (κ3) is 3.21. The number of carbonyl (C=O) groups is 1. The van der Waals surface area contributed by atoms with Crippen LogP contribution in [0.4, 0.5) is 0 Å². The molecule has 3 aromatic carbocycles. The van der Waals surface area contributed by atoms with Crippen LogP contribution in [-0.2, 0) is 0 Å². The van der Waals surface area contributed by atoms with Gasteiger partial charge in [0.05, 0.1) is 11.4 Å². The Hall–Kier alpha value is -2.50. The maximum atomic E-state index is 13.9. The van der Waals surface area contributed by atoms with Crippen LogP contribution in [0.1, 0.15) is 22.8 Å². The van der Waals surface area contributed by atoms with E-state index in [-0.39, 0.29) is 5.52 Å². The first kappa shape index (κ1) is 17.3. The maximum absolute atomic E-state index is 13.9. The second-order valence-electron chi connectivity index (χ2n) is 6.00. The van der Waals surface area contributed by atoms with Gasteiger partial charge >= 0.3 is 5.52 Å². The Labute approximate surface area is 150 Å². The summed E-state index contributed by atoms with van der Waals surface area (Å²) in [5, 5.41) is 2.18. The van der Waals surface area contributed by atoms with Crippen molar-refractivity contribution in [3.63, 3.8) is 0 Å². The van der Waals surface area contributed by atoms with Crippen LogP contribution in [0.3, 0.4) is 0 Å². The van der Waals surface area contributed by atoms with E-state index in [0.29, 0.717) is 0 Å². The SMILES string of the molecule is CC=C[P+](C(=O)c1ccccc1C)(c1ccccc1)c1ccccc1. The van der Waals surface area contributed by atoms with Gasteiger partial charge in [0.2, 0.25) is 0 Å². The molecule has 2 heteroatoms. The molecule has 0 radical (unpaired) electrons. The minimum Gasteiger partial charge on any atom is -0.246 e. The number of hydrogen-bond donors (Lipinski definition) is 0. The molecule has 0 aromatic heterocycles. The molecule has 0 fully saturated rings.